The van der Waals surface area contributed by atoms with E-state index in [1.807, 2.05) is 0 Å². The third kappa shape index (κ3) is 5.02. The maximum Gasteiger partial charge on any atom is 0.241 e. The smallest absolute Gasteiger partial charge is 0.241 e. The summed E-state index contributed by atoms with van der Waals surface area (Å²) in [5.41, 5.74) is 10.0. The molecule has 8 nitrogen and oxygen atoms in total. The van der Waals surface area contributed by atoms with Crippen LogP contribution in [0.25, 0.3) is 0 Å². The van der Waals surface area contributed by atoms with Gasteiger partial charge in [-0.3, -0.25) is 9.59 Å². The maximum absolute atomic E-state index is 11.3. The molecule has 0 heterocycles. The van der Waals surface area contributed by atoms with Crippen LogP contribution in [0, 0.1) is 0 Å². The summed E-state index contributed by atoms with van der Waals surface area (Å²) in [6.45, 7) is -0.795. The highest BCUT2D eigenvalue weighted by Crippen LogP contribution is 2.04. The summed E-state index contributed by atoms with van der Waals surface area (Å²) in [4.78, 5) is 21.6. The van der Waals surface area contributed by atoms with E-state index < -0.39 is 42.7 Å². The fourth-order valence-corrected chi connectivity index (χ4v) is 0.992. The summed E-state index contributed by atoms with van der Waals surface area (Å²) in [6, 6.07) is -1.54. The van der Waals surface area contributed by atoms with E-state index in [0.29, 0.717) is 0 Å². The molecule has 0 aliphatic carbocycles. The first-order valence-electron chi connectivity index (χ1n) is 4.73. The van der Waals surface area contributed by atoms with Crippen molar-refractivity contribution in [3.63, 3.8) is 0 Å². The van der Waals surface area contributed by atoms with E-state index in [9.17, 15) is 19.8 Å². The minimum absolute atomic E-state index is 0.754. The third-order valence-corrected chi connectivity index (χ3v) is 2.04. The number of hydrogen-bond donors (Lipinski definition) is 6. The van der Waals surface area contributed by atoms with Gasteiger partial charge in [-0.15, -0.1) is 0 Å². The molecular formula is C9H16N2O6. The Kier molecular flexibility index (Phi) is 6.54. The lowest BCUT2D eigenvalue weighted by molar-refractivity contribution is -0.125. The molecule has 8 N–H and O–H groups in total. The molecule has 0 aromatic heterocycles. The average Bonchev–Trinajstić information content (AvgIpc) is 2.31. The molecule has 0 fully saturated rings. The van der Waals surface area contributed by atoms with E-state index in [1.54, 1.807) is 0 Å². The van der Waals surface area contributed by atoms with Crippen molar-refractivity contribution in [1.82, 2.24) is 0 Å². The van der Waals surface area contributed by atoms with Crippen LogP contribution in [0.15, 0.2) is 12.2 Å². The van der Waals surface area contributed by atoms with Crippen LogP contribution in [-0.4, -0.2) is 63.1 Å². The third-order valence-electron chi connectivity index (χ3n) is 2.04. The molecule has 98 valence electrons. The number of amides is 1. The SMILES string of the molecule is NC(=O)C=CC(=O)[C@H](N)[C@@H](O)[C@H](O)[C@H](O)CO. The van der Waals surface area contributed by atoms with Crippen LogP contribution < -0.4 is 11.5 Å². The molecule has 0 radical (unpaired) electrons. The molecule has 0 bridgehead atoms. The van der Waals surface area contributed by atoms with Gasteiger partial charge in [0.1, 0.15) is 18.3 Å². The lowest BCUT2D eigenvalue weighted by Gasteiger charge is -2.24. The van der Waals surface area contributed by atoms with Crippen LogP contribution in [0.3, 0.4) is 0 Å². The van der Waals surface area contributed by atoms with Gasteiger partial charge < -0.3 is 31.9 Å². The van der Waals surface area contributed by atoms with Crippen LogP contribution in [0.5, 0.6) is 0 Å². The first-order valence-corrected chi connectivity index (χ1v) is 4.73. The molecule has 17 heavy (non-hydrogen) atoms. The molecule has 0 saturated carbocycles. The number of rotatable bonds is 7. The van der Waals surface area contributed by atoms with Crippen molar-refractivity contribution in [1.29, 1.82) is 0 Å². The number of aliphatic hydroxyl groups excluding tert-OH is 4. The molecule has 0 aromatic carbocycles. The number of aliphatic hydroxyl groups is 4. The lowest BCUT2D eigenvalue weighted by atomic mass is 9.98. The van der Waals surface area contributed by atoms with Crippen LogP contribution in [0.4, 0.5) is 0 Å². The quantitative estimate of drug-likeness (QED) is 0.249. The molecule has 0 aliphatic heterocycles. The van der Waals surface area contributed by atoms with Gasteiger partial charge in [-0.05, 0) is 6.08 Å². The Bertz CT molecular complexity index is 306. The first-order chi connectivity index (χ1) is 7.81. The Hall–Kier alpha value is -1.32. The van der Waals surface area contributed by atoms with E-state index in [4.69, 9.17) is 21.7 Å². The second-order valence-electron chi connectivity index (χ2n) is 3.39. The Morgan fingerprint density at radius 3 is 2.06 bits per heavy atom. The van der Waals surface area contributed by atoms with Crippen LogP contribution in [0.2, 0.25) is 0 Å². The number of nitrogens with two attached hydrogens (primary N) is 2. The van der Waals surface area contributed by atoms with E-state index in [2.05, 4.69) is 0 Å². The summed E-state index contributed by atoms with van der Waals surface area (Å²) in [5.74, 6) is -1.71. The van der Waals surface area contributed by atoms with E-state index in [0.717, 1.165) is 12.2 Å². The summed E-state index contributed by atoms with van der Waals surface area (Å²) in [5, 5.41) is 36.2. The molecule has 1 amide bonds. The number of carbonyl (C=O) groups is 2. The van der Waals surface area contributed by atoms with Crippen molar-refractivity contribution in [2.75, 3.05) is 6.61 Å². The Morgan fingerprint density at radius 2 is 1.65 bits per heavy atom. The van der Waals surface area contributed by atoms with Crippen molar-refractivity contribution >= 4 is 11.7 Å². The van der Waals surface area contributed by atoms with Gasteiger partial charge in [0.25, 0.3) is 0 Å². The highest BCUT2D eigenvalue weighted by Gasteiger charge is 2.31. The van der Waals surface area contributed by atoms with Gasteiger partial charge in [0.2, 0.25) is 5.91 Å². The molecular weight excluding hydrogens is 232 g/mol. The van der Waals surface area contributed by atoms with Gasteiger partial charge in [0.15, 0.2) is 5.78 Å². The molecule has 8 heteroatoms. The Balaban J connectivity index is 4.53. The van der Waals surface area contributed by atoms with Crippen LogP contribution in [-0.2, 0) is 9.59 Å². The monoisotopic (exact) mass is 248 g/mol. The van der Waals surface area contributed by atoms with Crippen molar-refractivity contribution in [2.24, 2.45) is 11.5 Å². The van der Waals surface area contributed by atoms with E-state index in [1.165, 1.54) is 0 Å². The van der Waals surface area contributed by atoms with Gasteiger partial charge in [-0.2, -0.15) is 0 Å². The molecule has 0 saturated heterocycles. The zero-order valence-electron chi connectivity index (χ0n) is 8.93. The van der Waals surface area contributed by atoms with Crippen molar-refractivity contribution in [3.05, 3.63) is 12.2 Å². The molecule has 0 unspecified atom stereocenters. The van der Waals surface area contributed by atoms with Crippen molar-refractivity contribution < 1.29 is 30.0 Å². The van der Waals surface area contributed by atoms with Crippen LogP contribution in [0.1, 0.15) is 0 Å². The zero-order valence-corrected chi connectivity index (χ0v) is 8.93. The number of hydrogen-bond acceptors (Lipinski definition) is 7. The number of ketones is 1. The van der Waals surface area contributed by atoms with E-state index >= 15 is 0 Å². The van der Waals surface area contributed by atoms with Crippen molar-refractivity contribution in [3.8, 4) is 0 Å². The minimum Gasteiger partial charge on any atom is -0.394 e. The van der Waals surface area contributed by atoms with E-state index in [-0.39, 0.29) is 0 Å². The maximum atomic E-state index is 11.3. The summed E-state index contributed by atoms with van der Waals surface area (Å²) < 4.78 is 0. The molecule has 4 atom stereocenters. The normalized spacial score (nSPS) is 18.6. The van der Waals surface area contributed by atoms with Crippen molar-refractivity contribution in [2.45, 2.75) is 24.4 Å². The predicted octanol–water partition coefficient (Wildman–Crippen LogP) is -4.00. The highest BCUT2D eigenvalue weighted by molar-refractivity contribution is 6.00. The second-order valence-corrected chi connectivity index (χ2v) is 3.39. The minimum atomic E-state index is -1.78. The molecule has 0 rings (SSSR count). The lowest BCUT2D eigenvalue weighted by Crippen LogP contribution is -2.52. The van der Waals surface area contributed by atoms with Gasteiger partial charge in [0, 0.05) is 6.08 Å². The Labute approximate surface area is 97.1 Å². The summed E-state index contributed by atoms with van der Waals surface area (Å²) in [6.07, 6.45) is -3.66. The van der Waals surface area contributed by atoms with Gasteiger partial charge in [0.05, 0.1) is 12.6 Å². The first kappa shape index (κ1) is 15.7. The average molecular weight is 248 g/mol. The topological polar surface area (TPSA) is 167 Å². The largest absolute Gasteiger partial charge is 0.394 e. The predicted molar refractivity (Wildman–Crippen MR) is 56.4 cm³/mol. The van der Waals surface area contributed by atoms with Gasteiger partial charge >= 0.3 is 0 Å². The number of carbonyl (C=O) groups excluding carboxylic acids is 2. The van der Waals surface area contributed by atoms with Crippen LogP contribution >= 0.6 is 0 Å². The molecule has 0 aromatic rings. The van der Waals surface area contributed by atoms with Gasteiger partial charge in [-0.1, -0.05) is 0 Å². The second kappa shape index (κ2) is 7.09. The van der Waals surface area contributed by atoms with Gasteiger partial charge in [-0.25, -0.2) is 0 Å². The molecule has 0 aliphatic rings. The fourth-order valence-electron chi connectivity index (χ4n) is 0.992. The zero-order chi connectivity index (χ0) is 13.6. The molecule has 0 spiro atoms. The summed E-state index contributed by atoms with van der Waals surface area (Å²) in [7, 11) is 0. The Morgan fingerprint density at radius 1 is 1.12 bits per heavy atom. The fraction of sp³-hybridized carbons (Fsp3) is 0.556. The number of primary amides is 1. The highest BCUT2D eigenvalue weighted by atomic mass is 16.4. The standard InChI is InChI=1S/C9H16N2O6/c10-6(15)2-1-4(13)7(11)9(17)8(16)5(14)3-12/h1-2,5,7-9,12,14,16-17H,3,11H2,(H2,10,15)/t5-,7+,8-,9-/m1/s1. The summed E-state index contributed by atoms with van der Waals surface area (Å²) >= 11 is 0.